The molecule has 3 heterocycles. The number of aromatic nitrogens is 1. The van der Waals surface area contributed by atoms with Crippen LogP contribution in [0, 0.1) is 0 Å². The number of para-hydroxylation sites is 1. The maximum Gasteiger partial charge on any atom is 0.254 e. The summed E-state index contributed by atoms with van der Waals surface area (Å²) in [5.74, 6) is 0.0283. The number of amides is 2. The molecule has 1 N–H and O–H groups in total. The van der Waals surface area contributed by atoms with E-state index in [1.54, 1.807) is 4.90 Å². The van der Waals surface area contributed by atoms with Crippen LogP contribution in [0.5, 0.6) is 0 Å². The number of hydrogen-bond donors (Lipinski definition) is 1. The summed E-state index contributed by atoms with van der Waals surface area (Å²) >= 11 is 0. The van der Waals surface area contributed by atoms with Gasteiger partial charge in [0.2, 0.25) is 5.91 Å². The first-order chi connectivity index (χ1) is 18.0. The van der Waals surface area contributed by atoms with E-state index in [1.807, 2.05) is 42.2 Å². The van der Waals surface area contributed by atoms with E-state index in [0.29, 0.717) is 13.1 Å². The van der Waals surface area contributed by atoms with Crippen LogP contribution >= 0.6 is 0 Å². The standard InChI is InChI=1S/C32H33N3O2/c1-3-22-15-17-24(18-16-22)26-20-35-28(36)21-34(19-9-12-23-10-5-4-6-11-23)31(37)32(35,2)30-29(26)25-13-7-8-14-27(25)33-30/h4-8,10-11,13-18,26,33H,3,9,12,19-21H2,1-2H3/t26-,32-/m0/s1. The molecule has 2 aliphatic rings. The Morgan fingerprint density at radius 1 is 0.919 bits per heavy atom. The second kappa shape index (κ2) is 9.22. The number of fused-ring (bicyclic) bond motifs is 5. The second-order valence-electron chi connectivity index (χ2n) is 10.5. The summed E-state index contributed by atoms with van der Waals surface area (Å²) in [5.41, 5.74) is 5.68. The zero-order valence-electron chi connectivity index (χ0n) is 21.5. The molecule has 0 bridgehead atoms. The molecule has 5 heteroatoms. The average molecular weight is 492 g/mol. The number of carbonyl (C=O) groups is 2. The van der Waals surface area contributed by atoms with Crippen LogP contribution in [0.25, 0.3) is 10.9 Å². The van der Waals surface area contributed by atoms with Gasteiger partial charge in [0, 0.05) is 29.9 Å². The van der Waals surface area contributed by atoms with Gasteiger partial charge in [-0.1, -0.05) is 79.7 Å². The Morgan fingerprint density at radius 3 is 2.41 bits per heavy atom. The smallest absolute Gasteiger partial charge is 0.254 e. The number of benzene rings is 3. The molecule has 6 rings (SSSR count). The minimum atomic E-state index is -1.05. The minimum Gasteiger partial charge on any atom is -0.356 e. The first-order valence-electron chi connectivity index (χ1n) is 13.3. The molecule has 0 radical (unpaired) electrons. The molecular weight excluding hydrogens is 458 g/mol. The van der Waals surface area contributed by atoms with Crippen LogP contribution in [0.2, 0.25) is 0 Å². The highest BCUT2D eigenvalue weighted by atomic mass is 16.2. The third-order valence-electron chi connectivity index (χ3n) is 8.34. The highest BCUT2D eigenvalue weighted by molar-refractivity contribution is 6.01. The van der Waals surface area contributed by atoms with Crippen LogP contribution < -0.4 is 0 Å². The third kappa shape index (κ3) is 3.85. The van der Waals surface area contributed by atoms with Gasteiger partial charge in [0.25, 0.3) is 5.91 Å². The van der Waals surface area contributed by atoms with Crippen molar-refractivity contribution in [1.82, 2.24) is 14.8 Å². The van der Waals surface area contributed by atoms with Crippen molar-refractivity contribution in [3.8, 4) is 0 Å². The minimum absolute atomic E-state index is 0.00603. The lowest BCUT2D eigenvalue weighted by atomic mass is 9.76. The van der Waals surface area contributed by atoms with Crippen molar-refractivity contribution in [2.24, 2.45) is 0 Å². The maximum absolute atomic E-state index is 14.1. The summed E-state index contributed by atoms with van der Waals surface area (Å²) in [6.07, 6.45) is 2.69. The number of carbonyl (C=O) groups excluding carboxylic acids is 2. The van der Waals surface area contributed by atoms with Gasteiger partial charge in [-0.05, 0) is 54.5 Å². The van der Waals surface area contributed by atoms with Crippen LogP contribution in [0.1, 0.15) is 54.1 Å². The molecule has 1 aromatic heterocycles. The lowest BCUT2D eigenvalue weighted by molar-refractivity contribution is -0.166. The second-order valence-corrected chi connectivity index (χ2v) is 10.5. The fraction of sp³-hybridized carbons (Fsp3) is 0.312. The van der Waals surface area contributed by atoms with Crippen LogP contribution in [0.4, 0.5) is 0 Å². The van der Waals surface area contributed by atoms with E-state index in [-0.39, 0.29) is 24.3 Å². The number of aryl methyl sites for hydroxylation is 2. The molecule has 0 spiro atoms. The van der Waals surface area contributed by atoms with Crippen molar-refractivity contribution in [3.05, 3.63) is 107 Å². The quantitative estimate of drug-likeness (QED) is 0.393. The summed E-state index contributed by atoms with van der Waals surface area (Å²) in [4.78, 5) is 35.0. The predicted molar refractivity (Wildman–Crippen MR) is 146 cm³/mol. The Kier molecular flexibility index (Phi) is 5.86. The molecule has 2 amide bonds. The molecule has 188 valence electrons. The Bertz CT molecular complexity index is 1460. The zero-order chi connectivity index (χ0) is 25.6. The Morgan fingerprint density at radius 2 is 1.65 bits per heavy atom. The van der Waals surface area contributed by atoms with Crippen LogP contribution in [-0.2, 0) is 28.0 Å². The first kappa shape index (κ1) is 23.5. The monoisotopic (exact) mass is 491 g/mol. The fourth-order valence-corrected chi connectivity index (χ4v) is 6.26. The molecule has 4 aromatic rings. The van der Waals surface area contributed by atoms with Crippen molar-refractivity contribution >= 4 is 22.7 Å². The van der Waals surface area contributed by atoms with Crippen molar-refractivity contribution < 1.29 is 9.59 Å². The Balaban J connectivity index is 1.39. The van der Waals surface area contributed by atoms with Gasteiger partial charge >= 0.3 is 0 Å². The average Bonchev–Trinajstić information content (AvgIpc) is 3.33. The fourth-order valence-electron chi connectivity index (χ4n) is 6.26. The van der Waals surface area contributed by atoms with Gasteiger partial charge in [-0.15, -0.1) is 0 Å². The topological polar surface area (TPSA) is 56.4 Å². The van der Waals surface area contributed by atoms with Gasteiger partial charge in [-0.25, -0.2) is 0 Å². The number of aromatic amines is 1. The highest BCUT2D eigenvalue weighted by Gasteiger charge is 2.56. The van der Waals surface area contributed by atoms with Crippen molar-refractivity contribution in [3.63, 3.8) is 0 Å². The first-order valence-corrected chi connectivity index (χ1v) is 13.3. The number of piperazine rings is 1. The van der Waals surface area contributed by atoms with Gasteiger partial charge in [0.05, 0.1) is 12.2 Å². The maximum atomic E-state index is 14.1. The summed E-state index contributed by atoms with van der Waals surface area (Å²) < 4.78 is 0. The molecule has 0 aliphatic carbocycles. The molecule has 0 unspecified atom stereocenters. The molecule has 1 saturated heterocycles. The van der Waals surface area contributed by atoms with Gasteiger partial charge in [0.1, 0.15) is 0 Å². The molecule has 2 atom stereocenters. The number of rotatable bonds is 6. The number of H-pyrrole nitrogens is 1. The highest BCUT2D eigenvalue weighted by Crippen LogP contribution is 2.48. The molecular formula is C32H33N3O2. The normalized spacial score (nSPS) is 21.3. The lowest BCUT2D eigenvalue weighted by Crippen LogP contribution is -2.67. The molecule has 37 heavy (non-hydrogen) atoms. The predicted octanol–water partition coefficient (Wildman–Crippen LogP) is 5.39. The molecule has 3 aromatic carbocycles. The van der Waals surface area contributed by atoms with E-state index in [4.69, 9.17) is 0 Å². The summed E-state index contributed by atoms with van der Waals surface area (Å²) in [7, 11) is 0. The molecule has 0 saturated carbocycles. The van der Waals surface area contributed by atoms with Crippen molar-refractivity contribution in [2.75, 3.05) is 19.6 Å². The Labute approximate surface area is 218 Å². The van der Waals surface area contributed by atoms with Gasteiger partial charge in [-0.2, -0.15) is 0 Å². The molecule has 2 aliphatic heterocycles. The van der Waals surface area contributed by atoms with E-state index in [2.05, 4.69) is 60.4 Å². The van der Waals surface area contributed by atoms with Crippen molar-refractivity contribution in [1.29, 1.82) is 0 Å². The molecule has 1 fully saturated rings. The van der Waals surface area contributed by atoms with E-state index in [9.17, 15) is 9.59 Å². The van der Waals surface area contributed by atoms with E-state index in [1.165, 1.54) is 16.7 Å². The van der Waals surface area contributed by atoms with Crippen LogP contribution in [0.3, 0.4) is 0 Å². The SMILES string of the molecule is CCc1ccc([C@@H]2CN3C(=O)CN(CCCc4ccccc4)C(=O)[C@]3(C)c3[nH]c4ccccc4c32)cc1. The van der Waals surface area contributed by atoms with Crippen molar-refractivity contribution in [2.45, 2.75) is 44.6 Å². The van der Waals surface area contributed by atoms with Gasteiger partial charge in [-0.3, -0.25) is 9.59 Å². The summed E-state index contributed by atoms with van der Waals surface area (Å²) in [6, 6.07) is 27.3. The lowest BCUT2D eigenvalue weighted by Gasteiger charge is -2.51. The van der Waals surface area contributed by atoms with E-state index in [0.717, 1.165) is 41.4 Å². The van der Waals surface area contributed by atoms with Gasteiger partial charge in [0.15, 0.2) is 5.54 Å². The summed E-state index contributed by atoms with van der Waals surface area (Å²) in [5, 5.41) is 1.13. The van der Waals surface area contributed by atoms with Crippen LogP contribution in [-0.4, -0.2) is 46.2 Å². The number of nitrogens with zero attached hydrogens (tertiary/aromatic N) is 2. The van der Waals surface area contributed by atoms with Gasteiger partial charge < -0.3 is 14.8 Å². The molecule has 5 nitrogen and oxygen atoms in total. The zero-order valence-corrected chi connectivity index (χ0v) is 21.5. The van der Waals surface area contributed by atoms with Crippen LogP contribution in [0.15, 0.2) is 78.9 Å². The third-order valence-corrected chi connectivity index (χ3v) is 8.34. The largest absolute Gasteiger partial charge is 0.356 e. The van der Waals surface area contributed by atoms with E-state index >= 15 is 0 Å². The Hall–Kier alpha value is -3.86. The number of nitrogens with one attached hydrogen (secondary N) is 1. The van der Waals surface area contributed by atoms with E-state index < -0.39 is 5.54 Å². The number of hydrogen-bond acceptors (Lipinski definition) is 2. The summed E-state index contributed by atoms with van der Waals surface area (Å²) in [6.45, 7) is 5.30.